The first kappa shape index (κ1) is 41.1. The quantitative estimate of drug-likeness (QED) is 0.133. The zero-order valence-corrected chi connectivity index (χ0v) is 35.0. The Hall–Kier alpha value is -8.10. The molecule has 4 N–H and O–H groups in total. The van der Waals surface area contributed by atoms with Gasteiger partial charge in [0.05, 0.1) is 29.1 Å². The summed E-state index contributed by atoms with van der Waals surface area (Å²) in [7, 11) is 5.36. The fourth-order valence-corrected chi connectivity index (χ4v) is 7.00. The Morgan fingerprint density at radius 3 is 1.56 bits per heavy atom. The highest BCUT2D eigenvalue weighted by Crippen LogP contribution is 2.38. The number of hydrogen-bond donors (Lipinski definition) is 2. The Bertz CT molecular complexity index is 2940. The number of nitrogen functional groups attached to an aromatic ring is 2. The first-order valence-corrected chi connectivity index (χ1v) is 19.5. The van der Waals surface area contributed by atoms with E-state index >= 15 is 0 Å². The zero-order valence-electron chi connectivity index (χ0n) is 35.0. The average Bonchev–Trinajstić information content (AvgIpc) is 3.86. The molecule has 61 heavy (non-hydrogen) atoms. The van der Waals surface area contributed by atoms with Gasteiger partial charge in [-0.2, -0.15) is 10.5 Å². The van der Waals surface area contributed by atoms with Gasteiger partial charge < -0.3 is 39.7 Å². The van der Waals surface area contributed by atoms with Crippen molar-refractivity contribution in [1.29, 1.82) is 10.5 Å². The van der Waals surface area contributed by atoms with Crippen LogP contribution in [-0.4, -0.2) is 50.3 Å². The van der Waals surface area contributed by atoms with Crippen LogP contribution in [0.25, 0.3) is 44.3 Å². The minimum absolute atomic E-state index is 0.234. The maximum Gasteiger partial charge on any atom is 0.147 e. The Kier molecular flexibility index (Phi) is 11.7. The second-order valence-electron chi connectivity index (χ2n) is 14.9. The van der Waals surface area contributed by atoms with Gasteiger partial charge in [0.15, 0.2) is 0 Å². The standard InChI is InChI=1S/C24H24N6O.C23H21N5O2/c1-15(2)30-13-19(22-23(26)27-14-28-24(22)30)16-8-10-17(11-9-16)31-21-7-5-6-20(29(3)4)18(21)12-25;1-14(2)28-12-19(21-22(25)26-13-27-23(21)28)15-4-6-17(7-5-15)30-20-9-8-18(29-3)10-16(20)11-24/h5-11,13-15H,1-4H3,(H2,26,27,28);4-10,12-14H,1-3H3,(H2,25,26,27). The summed E-state index contributed by atoms with van der Waals surface area (Å²) < 4.78 is 21.3. The van der Waals surface area contributed by atoms with Crippen LogP contribution in [0.2, 0.25) is 0 Å². The number of fused-ring (bicyclic) bond motifs is 2. The molecular weight excluding hydrogens is 767 g/mol. The van der Waals surface area contributed by atoms with E-state index < -0.39 is 0 Å². The predicted octanol–water partition coefficient (Wildman–Crippen LogP) is 9.93. The molecule has 0 fully saturated rings. The first-order valence-electron chi connectivity index (χ1n) is 19.5. The van der Waals surface area contributed by atoms with Crippen molar-refractivity contribution in [3.63, 3.8) is 0 Å². The molecule has 0 amide bonds. The van der Waals surface area contributed by atoms with Crippen molar-refractivity contribution in [2.45, 2.75) is 39.8 Å². The van der Waals surface area contributed by atoms with Crippen LogP contribution < -0.4 is 30.6 Å². The maximum atomic E-state index is 9.61. The first-order chi connectivity index (χ1) is 29.4. The van der Waals surface area contributed by atoms with Gasteiger partial charge in [0.1, 0.15) is 82.0 Å². The van der Waals surface area contributed by atoms with Gasteiger partial charge in [-0.15, -0.1) is 0 Å². The number of benzene rings is 4. The van der Waals surface area contributed by atoms with E-state index in [2.05, 4.69) is 75.1 Å². The second-order valence-corrected chi connectivity index (χ2v) is 14.9. The topological polar surface area (TPSA) is 192 Å². The third kappa shape index (κ3) is 8.28. The van der Waals surface area contributed by atoms with Gasteiger partial charge in [-0.05, 0) is 87.4 Å². The molecule has 0 bridgehead atoms. The fraction of sp³-hybridized carbons (Fsp3) is 0.191. The van der Waals surface area contributed by atoms with Crippen molar-refractivity contribution >= 4 is 39.4 Å². The summed E-state index contributed by atoms with van der Waals surface area (Å²) in [5.74, 6) is 3.78. The Morgan fingerprint density at radius 2 is 1.11 bits per heavy atom. The predicted molar refractivity (Wildman–Crippen MR) is 239 cm³/mol. The number of methoxy groups -OCH3 is 1. The zero-order chi connectivity index (χ0) is 43.4. The molecule has 0 spiro atoms. The molecule has 306 valence electrons. The van der Waals surface area contributed by atoms with Gasteiger partial charge in [0, 0.05) is 55.8 Å². The second kappa shape index (κ2) is 17.4. The van der Waals surface area contributed by atoms with Crippen molar-refractivity contribution < 1.29 is 14.2 Å². The molecule has 0 aliphatic carbocycles. The lowest BCUT2D eigenvalue weighted by atomic mass is 10.1. The Morgan fingerprint density at radius 1 is 0.623 bits per heavy atom. The lowest BCUT2D eigenvalue weighted by Gasteiger charge is -2.16. The van der Waals surface area contributed by atoms with Gasteiger partial charge in [-0.1, -0.05) is 30.3 Å². The summed E-state index contributed by atoms with van der Waals surface area (Å²) in [6, 6.07) is 30.9. The molecule has 8 rings (SSSR count). The van der Waals surface area contributed by atoms with Crippen LogP contribution in [0.5, 0.6) is 28.7 Å². The van der Waals surface area contributed by atoms with Crippen molar-refractivity contribution in [3.05, 3.63) is 121 Å². The molecule has 4 heterocycles. The molecule has 0 saturated carbocycles. The van der Waals surface area contributed by atoms with Gasteiger partial charge in [0.25, 0.3) is 0 Å². The Labute approximate surface area is 353 Å². The lowest BCUT2D eigenvalue weighted by molar-refractivity contribution is 0.412. The maximum absolute atomic E-state index is 9.61. The van der Waals surface area contributed by atoms with Gasteiger partial charge in [-0.25, -0.2) is 19.9 Å². The lowest BCUT2D eigenvalue weighted by Crippen LogP contribution is -2.10. The van der Waals surface area contributed by atoms with Crippen molar-refractivity contribution in [2.24, 2.45) is 0 Å². The number of anilines is 3. The minimum atomic E-state index is 0.234. The summed E-state index contributed by atoms with van der Waals surface area (Å²) in [4.78, 5) is 19.1. The number of ether oxygens (including phenoxy) is 3. The summed E-state index contributed by atoms with van der Waals surface area (Å²) in [6.45, 7) is 8.40. The molecule has 0 aliphatic heterocycles. The third-order valence-electron chi connectivity index (χ3n) is 10.1. The van der Waals surface area contributed by atoms with Crippen molar-refractivity contribution in [3.8, 4) is 63.1 Å². The monoisotopic (exact) mass is 811 g/mol. The largest absolute Gasteiger partial charge is 0.497 e. The number of rotatable bonds is 10. The van der Waals surface area contributed by atoms with E-state index in [1.54, 1.807) is 31.4 Å². The van der Waals surface area contributed by atoms with E-state index in [-0.39, 0.29) is 12.1 Å². The highest BCUT2D eigenvalue weighted by molar-refractivity contribution is 6.01. The highest BCUT2D eigenvalue weighted by Gasteiger charge is 2.19. The molecule has 14 heteroatoms. The Balaban J connectivity index is 0.000000184. The molecule has 0 aliphatic rings. The fourth-order valence-electron chi connectivity index (χ4n) is 7.00. The molecule has 14 nitrogen and oxygen atoms in total. The van der Waals surface area contributed by atoms with Crippen LogP contribution in [-0.2, 0) is 0 Å². The van der Waals surface area contributed by atoms with Gasteiger partial charge in [-0.3, -0.25) is 0 Å². The van der Waals surface area contributed by atoms with Gasteiger partial charge in [0.2, 0.25) is 0 Å². The highest BCUT2D eigenvalue weighted by atomic mass is 16.5. The van der Waals surface area contributed by atoms with E-state index in [0.29, 0.717) is 51.5 Å². The molecule has 8 aromatic rings. The van der Waals surface area contributed by atoms with Crippen molar-refractivity contribution in [2.75, 3.05) is 37.6 Å². The molecule has 0 radical (unpaired) electrons. The minimum Gasteiger partial charge on any atom is -0.497 e. The number of nitrogens with zero attached hydrogens (tertiary/aromatic N) is 9. The van der Waals surface area contributed by atoms with Crippen LogP contribution >= 0.6 is 0 Å². The molecular formula is C47H45N11O3. The number of hydrogen-bond acceptors (Lipinski definition) is 12. The number of aromatic nitrogens is 6. The van der Waals surface area contributed by atoms with Crippen LogP contribution in [0.1, 0.15) is 50.9 Å². The van der Waals surface area contributed by atoms with E-state index in [0.717, 1.165) is 50.0 Å². The van der Waals surface area contributed by atoms with Crippen LogP contribution in [0, 0.1) is 22.7 Å². The van der Waals surface area contributed by atoms with Crippen LogP contribution in [0.4, 0.5) is 17.3 Å². The molecule has 0 atom stereocenters. The summed E-state index contributed by atoms with van der Waals surface area (Å²) in [6.07, 6.45) is 7.09. The normalized spacial score (nSPS) is 10.9. The summed E-state index contributed by atoms with van der Waals surface area (Å²) in [5, 5.41) is 20.7. The van der Waals surface area contributed by atoms with E-state index in [1.165, 1.54) is 12.7 Å². The summed E-state index contributed by atoms with van der Waals surface area (Å²) >= 11 is 0. The number of nitriles is 2. The smallest absolute Gasteiger partial charge is 0.147 e. The molecule has 0 unspecified atom stereocenters. The van der Waals surface area contributed by atoms with Crippen LogP contribution in [0.3, 0.4) is 0 Å². The molecule has 0 saturated heterocycles. The third-order valence-corrected chi connectivity index (χ3v) is 10.1. The summed E-state index contributed by atoms with van der Waals surface area (Å²) in [5.41, 5.74) is 19.6. The number of nitrogens with two attached hydrogens (primary N) is 2. The SMILES string of the molecule is CC(C)n1cc(-c2ccc(Oc3cccc(N(C)C)c3C#N)cc2)c2c(N)ncnc21.COc1ccc(Oc2ccc(-c3cn(C(C)C)c4ncnc(N)c34)cc2)c(C#N)c1. The van der Waals surface area contributed by atoms with Gasteiger partial charge >= 0.3 is 0 Å². The molecule has 4 aromatic carbocycles. The van der Waals surface area contributed by atoms with Crippen molar-refractivity contribution in [1.82, 2.24) is 29.1 Å². The van der Waals surface area contributed by atoms with E-state index in [9.17, 15) is 10.5 Å². The molecule has 4 aromatic heterocycles. The van der Waals surface area contributed by atoms with E-state index in [1.807, 2.05) is 85.9 Å². The average molecular weight is 812 g/mol. The van der Waals surface area contributed by atoms with Crippen LogP contribution in [0.15, 0.2) is 110 Å². The van der Waals surface area contributed by atoms with E-state index in [4.69, 9.17) is 25.7 Å².